The van der Waals surface area contributed by atoms with Gasteiger partial charge in [-0.2, -0.15) is 4.99 Å². The third-order valence-electron chi connectivity index (χ3n) is 4.14. The number of halogens is 2. The molecular formula is C19H14F2N2O5S. The lowest BCUT2D eigenvalue weighted by molar-refractivity contribution is -0.143. The minimum atomic E-state index is -1.09. The average Bonchev–Trinajstić information content (AvgIpc) is 3.24. The number of nitrogens with zero attached hydrogens (tertiary/aromatic N) is 2. The molecule has 2 heterocycles. The van der Waals surface area contributed by atoms with Gasteiger partial charge in [0.2, 0.25) is 6.79 Å². The van der Waals surface area contributed by atoms with E-state index in [0.717, 1.165) is 29.5 Å². The zero-order valence-corrected chi connectivity index (χ0v) is 15.9. The van der Waals surface area contributed by atoms with E-state index in [1.54, 1.807) is 19.1 Å². The quantitative estimate of drug-likeness (QED) is 0.607. The number of ether oxygens (including phenoxy) is 3. The summed E-state index contributed by atoms with van der Waals surface area (Å²) in [7, 11) is 0. The predicted molar refractivity (Wildman–Crippen MR) is 98.8 cm³/mol. The predicted octanol–water partition coefficient (Wildman–Crippen LogP) is 3.01. The third-order valence-corrected chi connectivity index (χ3v) is 5.18. The Morgan fingerprint density at radius 2 is 1.90 bits per heavy atom. The lowest BCUT2D eigenvalue weighted by atomic mass is 10.2. The summed E-state index contributed by atoms with van der Waals surface area (Å²) in [6.45, 7) is 1.69. The van der Waals surface area contributed by atoms with E-state index < -0.39 is 29.1 Å². The molecule has 0 atom stereocenters. The summed E-state index contributed by atoms with van der Waals surface area (Å²) in [6.07, 6.45) is 0. The molecule has 1 amide bonds. The van der Waals surface area contributed by atoms with Crippen LogP contribution in [0.25, 0.3) is 10.2 Å². The summed E-state index contributed by atoms with van der Waals surface area (Å²) in [6, 6.07) is 6.45. The molecule has 0 aliphatic carbocycles. The van der Waals surface area contributed by atoms with E-state index in [2.05, 4.69) is 4.99 Å². The summed E-state index contributed by atoms with van der Waals surface area (Å²) in [4.78, 5) is 28.5. The van der Waals surface area contributed by atoms with Crippen molar-refractivity contribution in [3.8, 4) is 11.5 Å². The first-order chi connectivity index (χ1) is 14.0. The van der Waals surface area contributed by atoms with Gasteiger partial charge in [0.15, 0.2) is 16.3 Å². The van der Waals surface area contributed by atoms with Crippen LogP contribution in [-0.4, -0.2) is 29.8 Å². The molecule has 0 saturated heterocycles. The maximum absolute atomic E-state index is 13.9. The van der Waals surface area contributed by atoms with Crippen molar-refractivity contribution in [3.05, 3.63) is 52.3 Å². The number of aromatic nitrogens is 1. The van der Waals surface area contributed by atoms with Gasteiger partial charge in [0, 0.05) is 12.1 Å². The first-order valence-corrected chi connectivity index (χ1v) is 9.41. The van der Waals surface area contributed by atoms with Gasteiger partial charge >= 0.3 is 5.97 Å². The van der Waals surface area contributed by atoms with E-state index in [-0.39, 0.29) is 24.7 Å². The van der Waals surface area contributed by atoms with Crippen LogP contribution in [0.15, 0.2) is 35.3 Å². The van der Waals surface area contributed by atoms with Gasteiger partial charge < -0.3 is 18.8 Å². The van der Waals surface area contributed by atoms with E-state index in [4.69, 9.17) is 14.2 Å². The lowest BCUT2D eigenvalue weighted by Crippen LogP contribution is -2.23. The standard InChI is InChI=1S/C19H14F2N2O5S/c1-2-26-16(24)8-23-12-6-13-14(28-9-27-13)7-15(12)29-19(23)22-18(25)17-10(20)4-3-5-11(17)21/h3-7H,2,8-9H2,1H3. The fourth-order valence-corrected chi connectivity index (χ4v) is 3.92. The van der Waals surface area contributed by atoms with E-state index >= 15 is 0 Å². The summed E-state index contributed by atoms with van der Waals surface area (Å²) < 4.78 is 45.7. The molecule has 0 saturated carbocycles. The molecule has 4 rings (SSSR count). The van der Waals surface area contributed by atoms with Gasteiger partial charge in [0.1, 0.15) is 23.7 Å². The van der Waals surface area contributed by atoms with E-state index in [0.29, 0.717) is 21.7 Å². The maximum Gasteiger partial charge on any atom is 0.326 e. The highest BCUT2D eigenvalue weighted by molar-refractivity contribution is 7.16. The minimum absolute atomic E-state index is 0.0762. The maximum atomic E-state index is 13.9. The number of fused-ring (bicyclic) bond motifs is 2. The normalized spacial score (nSPS) is 13.1. The Balaban J connectivity index is 1.87. The molecule has 0 fully saturated rings. The summed E-state index contributed by atoms with van der Waals surface area (Å²) >= 11 is 1.07. The first-order valence-electron chi connectivity index (χ1n) is 8.59. The van der Waals surface area contributed by atoms with Crippen LogP contribution in [0.4, 0.5) is 8.78 Å². The van der Waals surface area contributed by atoms with E-state index in [1.165, 1.54) is 4.57 Å². The van der Waals surface area contributed by atoms with Crippen molar-refractivity contribution in [1.82, 2.24) is 4.57 Å². The van der Waals surface area contributed by atoms with Gasteiger partial charge in [-0.3, -0.25) is 9.59 Å². The zero-order chi connectivity index (χ0) is 20.5. The van der Waals surface area contributed by atoms with Crippen molar-refractivity contribution in [3.63, 3.8) is 0 Å². The van der Waals surface area contributed by atoms with Crippen LogP contribution in [-0.2, 0) is 16.1 Å². The van der Waals surface area contributed by atoms with Crippen molar-refractivity contribution in [2.24, 2.45) is 4.99 Å². The molecule has 10 heteroatoms. The second-order valence-electron chi connectivity index (χ2n) is 5.96. The Bertz CT molecular complexity index is 1180. The van der Waals surface area contributed by atoms with Crippen LogP contribution in [0, 0.1) is 11.6 Å². The molecule has 0 bridgehead atoms. The molecule has 1 aliphatic rings. The Hall–Kier alpha value is -3.27. The molecule has 3 aromatic rings. The molecule has 1 aliphatic heterocycles. The topological polar surface area (TPSA) is 79.1 Å². The third kappa shape index (κ3) is 3.58. The van der Waals surface area contributed by atoms with Gasteiger partial charge in [0.05, 0.1) is 16.8 Å². The van der Waals surface area contributed by atoms with Crippen molar-refractivity contribution in [2.75, 3.05) is 13.4 Å². The average molecular weight is 420 g/mol. The fourth-order valence-electron chi connectivity index (χ4n) is 2.88. The molecule has 0 radical (unpaired) electrons. The molecule has 29 heavy (non-hydrogen) atoms. The van der Waals surface area contributed by atoms with Gasteiger partial charge in [-0.15, -0.1) is 0 Å². The van der Waals surface area contributed by atoms with Crippen LogP contribution >= 0.6 is 11.3 Å². The van der Waals surface area contributed by atoms with Gasteiger partial charge in [-0.05, 0) is 19.1 Å². The molecule has 0 unspecified atom stereocenters. The lowest BCUT2D eigenvalue weighted by Gasteiger charge is -2.06. The molecule has 2 aromatic carbocycles. The second-order valence-corrected chi connectivity index (χ2v) is 6.97. The van der Waals surface area contributed by atoms with Crippen LogP contribution in [0.1, 0.15) is 17.3 Å². The highest BCUT2D eigenvalue weighted by atomic mass is 32.1. The van der Waals surface area contributed by atoms with E-state index in [9.17, 15) is 18.4 Å². The van der Waals surface area contributed by atoms with Gasteiger partial charge in [-0.25, -0.2) is 8.78 Å². The van der Waals surface area contributed by atoms with Gasteiger partial charge in [0.25, 0.3) is 5.91 Å². The van der Waals surface area contributed by atoms with Crippen molar-refractivity contribution in [1.29, 1.82) is 0 Å². The molecular weight excluding hydrogens is 406 g/mol. The molecule has 0 spiro atoms. The second kappa shape index (κ2) is 7.63. The highest BCUT2D eigenvalue weighted by Gasteiger charge is 2.21. The van der Waals surface area contributed by atoms with Crippen molar-refractivity contribution >= 4 is 33.4 Å². The summed E-state index contributed by atoms with van der Waals surface area (Å²) in [5.41, 5.74) is -0.213. The number of amides is 1. The highest BCUT2D eigenvalue weighted by Crippen LogP contribution is 2.37. The Labute approximate surface area is 166 Å². The number of esters is 1. The largest absolute Gasteiger partial charge is 0.465 e. The number of carbonyl (C=O) groups excluding carboxylic acids is 2. The molecule has 7 nitrogen and oxygen atoms in total. The number of hydrogen-bond donors (Lipinski definition) is 0. The summed E-state index contributed by atoms with van der Waals surface area (Å²) in [5.74, 6) is -2.68. The van der Waals surface area contributed by atoms with Crippen LogP contribution in [0.3, 0.4) is 0 Å². The van der Waals surface area contributed by atoms with Crippen molar-refractivity contribution < 1.29 is 32.6 Å². The Morgan fingerprint density at radius 3 is 2.59 bits per heavy atom. The summed E-state index contributed by atoms with van der Waals surface area (Å²) in [5, 5.41) is 0. The minimum Gasteiger partial charge on any atom is -0.465 e. The van der Waals surface area contributed by atoms with E-state index in [1.807, 2.05) is 0 Å². The zero-order valence-electron chi connectivity index (χ0n) is 15.1. The van der Waals surface area contributed by atoms with Crippen LogP contribution < -0.4 is 14.3 Å². The Morgan fingerprint density at radius 1 is 1.21 bits per heavy atom. The van der Waals surface area contributed by atoms with Crippen LogP contribution in [0.2, 0.25) is 0 Å². The molecule has 0 N–H and O–H groups in total. The molecule has 1 aromatic heterocycles. The number of hydrogen-bond acceptors (Lipinski definition) is 6. The van der Waals surface area contributed by atoms with Crippen molar-refractivity contribution in [2.45, 2.75) is 13.5 Å². The first kappa shape index (κ1) is 19.1. The van der Waals surface area contributed by atoms with Crippen LogP contribution in [0.5, 0.6) is 11.5 Å². The number of carbonyl (C=O) groups is 2. The van der Waals surface area contributed by atoms with Gasteiger partial charge in [-0.1, -0.05) is 17.4 Å². The Kier molecular flexibility index (Phi) is 5.01. The molecule has 150 valence electrons. The number of benzene rings is 2. The SMILES string of the molecule is CCOC(=O)Cn1c(=NC(=O)c2c(F)cccc2F)sc2cc3c(cc21)OCO3. The number of thiazole rings is 1. The number of rotatable bonds is 4. The smallest absolute Gasteiger partial charge is 0.326 e. The monoisotopic (exact) mass is 420 g/mol. The fraction of sp³-hybridized carbons (Fsp3) is 0.211.